The van der Waals surface area contributed by atoms with E-state index in [0.29, 0.717) is 11.8 Å². The molecule has 0 aliphatic rings. The summed E-state index contributed by atoms with van der Waals surface area (Å²) in [5, 5.41) is 4.38. The van der Waals surface area contributed by atoms with Gasteiger partial charge in [0.2, 0.25) is 0 Å². The van der Waals surface area contributed by atoms with Crippen molar-refractivity contribution in [1.29, 1.82) is 0 Å². The largest absolute Gasteiger partial charge is 0.462 e. The van der Waals surface area contributed by atoms with E-state index < -0.39 is 5.97 Å². The maximum Gasteiger partial charge on any atom is 0.343 e. The third-order valence-electron chi connectivity index (χ3n) is 3.57. The molecule has 2 aromatic heterocycles. The number of hydrazine groups is 1. The van der Waals surface area contributed by atoms with Gasteiger partial charge in [0.05, 0.1) is 18.0 Å². The highest BCUT2D eigenvalue weighted by molar-refractivity contribution is 5.94. The van der Waals surface area contributed by atoms with E-state index in [4.69, 9.17) is 4.74 Å². The first-order valence-corrected chi connectivity index (χ1v) is 8.23. The molecule has 0 amide bonds. The number of ether oxygens (including phenoxy) is 1. The average Bonchev–Trinajstić information content (AvgIpc) is 2.99. The molecule has 3 rings (SSSR count). The molecule has 0 saturated carbocycles. The second kappa shape index (κ2) is 7.64. The molecule has 0 aliphatic heterocycles. The summed E-state index contributed by atoms with van der Waals surface area (Å²) >= 11 is 0. The van der Waals surface area contributed by atoms with Crippen LogP contribution in [0.1, 0.15) is 28.7 Å². The van der Waals surface area contributed by atoms with Gasteiger partial charge in [-0.2, -0.15) is 10.1 Å². The molecule has 0 atom stereocenters. The Morgan fingerprint density at radius 1 is 1.19 bits per heavy atom. The number of aryl methyl sites for hydroxylation is 2. The van der Waals surface area contributed by atoms with Gasteiger partial charge in [-0.3, -0.25) is 10.9 Å². The number of esters is 1. The summed E-state index contributed by atoms with van der Waals surface area (Å²) in [5.74, 6) is 0.177. The Bertz CT molecular complexity index is 907. The second-order valence-corrected chi connectivity index (χ2v) is 5.61. The van der Waals surface area contributed by atoms with Crippen molar-refractivity contribution >= 4 is 17.5 Å². The standard InChI is InChI=1S/C18H20N6O2/c1-4-26-17(25)15-11-19-18(24-13(3)10-12(2)23-24)20-16(15)22-21-14-8-6-5-7-9-14/h5-11,21H,4H2,1-3H3,(H,19,20,22). The Balaban J connectivity index is 1.95. The first-order valence-electron chi connectivity index (χ1n) is 8.23. The Kier molecular flexibility index (Phi) is 5.12. The number of aromatic nitrogens is 4. The number of rotatable bonds is 6. The summed E-state index contributed by atoms with van der Waals surface area (Å²) < 4.78 is 6.71. The summed E-state index contributed by atoms with van der Waals surface area (Å²) in [6.07, 6.45) is 1.44. The quantitative estimate of drug-likeness (QED) is 0.520. The third kappa shape index (κ3) is 3.80. The fourth-order valence-electron chi connectivity index (χ4n) is 2.41. The first kappa shape index (κ1) is 17.4. The molecule has 2 N–H and O–H groups in total. The number of anilines is 2. The van der Waals surface area contributed by atoms with Gasteiger partial charge in [0.25, 0.3) is 5.95 Å². The van der Waals surface area contributed by atoms with Gasteiger partial charge in [-0.15, -0.1) is 0 Å². The maximum absolute atomic E-state index is 12.2. The van der Waals surface area contributed by atoms with E-state index in [2.05, 4.69) is 25.9 Å². The molecule has 134 valence electrons. The van der Waals surface area contributed by atoms with Crippen LogP contribution < -0.4 is 10.9 Å². The van der Waals surface area contributed by atoms with Gasteiger partial charge in [0.15, 0.2) is 5.82 Å². The zero-order chi connectivity index (χ0) is 18.5. The van der Waals surface area contributed by atoms with Gasteiger partial charge in [0.1, 0.15) is 5.56 Å². The normalized spacial score (nSPS) is 10.4. The van der Waals surface area contributed by atoms with E-state index in [1.165, 1.54) is 6.20 Å². The van der Waals surface area contributed by atoms with Gasteiger partial charge >= 0.3 is 5.97 Å². The Morgan fingerprint density at radius 3 is 2.62 bits per heavy atom. The monoisotopic (exact) mass is 352 g/mol. The third-order valence-corrected chi connectivity index (χ3v) is 3.57. The lowest BCUT2D eigenvalue weighted by molar-refractivity contribution is 0.0526. The number of hydrogen-bond acceptors (Lipinski definition) is 7. The van der Waals surface area contributed by atoms with Crippen molar-refractivity contribution in [2.24, 2.45) is 0 Å². The van der Waals surface area contributed by atoms with Crippen molar-refractivity contribution in [3.63, 3.8) is 0 Å². The zero-order valence-electron chi connectivity index (χ0n) is 14.9. The maximum atomic E-state index is 12.2. The molecule has 8 heteroatoms. The number of benzene rings is 1. The minimum Gasteiger partial charge on any atom is -0.462 e. The molecule has 0 spiro atoms. The van der Waals surface area contributed by atoms with E-state index in [9.17, 15) is 4.79 Å². The molecule has 0 fully saturated rings. The van der Waals surface area contributed by atoms with E-state index in [1.54, 1.807) is 11.6 Å². The van der Waals surface area contributed by atoms with Gasteiger partial charge in [-0.25, -0.2) is 14.5 Å². The number of carbonyl (C=O) groups is 1. The molecule has 8 nitrogen and oxygen atoms in total. The highest BCUT2D eigenvalue weighted by atomic mass is 16.5. The molecule has 26 heavy (non-hydrogen) atoms. The molecule has 0 unspecified atom stereocenters. The van der Waals surface area contributed by atoms with E-state index >= 15 is 0 Å². The van der Waals surface area contributed by atoms with Crippen LogP contribution in [0.25, 0.3) is 5.95 Å². The van der Waals surface area contributed by atoms with Crippen LogP contribution in [0.2, 0.25) is 0 Å². The summed E-state index contributed by atoms with van der Waals surface area (Å²) in [7, 11) is 0. The van der Waals surface area contributed by atoms with Crippen LogP contribution in [-0.2, 0) is 4.74 Å². The van der Waals surface area contributed by atoms with Crippen molar-refractivity contribution in [3.8, 4) is 5.95 Å². The van der Waals surface area contributed by atoms with Crippen LogP contribution >= 0.6 is 0 Å². The summed E-state index contributed by atoms with van der Waals surface area (Å²) in [5.41, 5.74) is 8.80. The zero-order valence-corrected chi connectivity index (χ0v) is 14.9. The Hall–Kier alpha value is -3.42. The number of nitrogens with zero attached hydrogens (tertiary/aromatic N) is 4. The summed E-state index contributed by atoms with van der Waals surface area (Å²) in [6, 6.07) is 11.4. The molecule has 2 heterocycles. The van der Waals surface area contributed by atoms with Gasteiger partial charge in [-0.05, 0) is 39.0 Å². The average molecular weight is 352 g/mol. The smallest absolute Gasteiger partial charge is 0.343 e. The molecule has 0 saturated heterocycles. The molecular weight excluding hydrogens is 332 g/mol. The SMILES string of the molecule is CCOC(=O)c1cnc(-n2nc(C)cc2C)nc1NNc1ccccc1. The molecule has 1 aromatic carbocycles. The van der Waals surface area contributed by atoms with E-state index in [0.717, 1.165) is 17.1 Å². The lowest BCUT2D eigenvalue weighted by atomic mass is 10.3. The van der Waals surface area contributed by atoms with Gasteiger partial charge in [0, 0.05) is 11.9 Å². The molecule has 3 aromatic rings. The highest BCUT2D eigenvalue weighted by Gasteiger charge is 2.17. The number of hydrogen-bond donors (Lipinski definition) is 2. The molecule has 0 radical (unpaired) electrons. The first-order chi connectivity index (χ1) is 12.6. The van der Waals surface area contributed by atoms with Crippen LogP contribution in [0.15, 0.2) is 42.6 Å². The number of carbonyl (C=O) groups excluding carboxylic acids is 1. The van der Waals surface area contributed by atoms with Crippen LogP contribution in [0, 0.1) is 13.8 Å². The predicted octanol–water partition coefficient (Wildman–Crippen LogP) is 2.89. The van der Waals surface area contributed by atoms with Crippen LogP contribution in [-0.4, -0.2) is 32.3 Å². The van der Waals surface area contributed by atoms with Crippen molar-refractivity contribution in [1.82, 2.24) is 19.7 Å². The van der Waals surface area contributed by atoms with Crippen molar-refractivity contribution in [3.05, 3.63) is 59.5 Å². The summed E-state index contributed by atoms with van der Waals surface area (Å²) in [4.78, 5) is 20.9. The minimum atomic E-state index is -0.496. The molecule has 0 aliphatic carbocycles. The van der Waals surface area contributed by atoms with Gasteiger partial charge < -0.3 is 4.74 Å². The van der Waals surface area contributed by atoms with Gasteiger partial charge in [-0.1, -0.05) is 18.2 Å². The lowest BCUT2D eigenvalue weighted by Crippen LogP contribution is -2.18. The lowest BCUT2D eigenvalue weighted by Gasteiger charge is -2.13. The van der Waals surface area contributed by atoms with Crippen molar-refractivity contribution < 1.29 is 9.53 Å². The van der Waals surface area contributed by atoms with Crippen molar-refractivity contribution in [2.75, 3.05) is 17.5 Å². The second-order valence-electron chi connectivity index (χ2n) is 5.61. The highest BCUT2D eigenvalue weighted by Crippen LogP contribution is 2.17. The Labute approximate surface area is 151 Å². The van der Waals surface area contributed by atoms with E-state index in [1.807, 2.05) is 50.2 Å². The van der Waals surface area contributed by atoms with Crippen LogP contribution in [0.5, 0.6) is 0 Å². The van der Waals surface area contributed by atoms with Crippen LogP contribution in [0.3, 0.4) is 0 Å². The Morgan fingerprint density at radius 2 is 1.96 bits per heavy atom. The minimum absolute atomic E-state index is 0.237. The van der Waals surface area contributed by atoms with Crippen molar-refractivity contribution in [2.45, 2.75) is 20.8 Å². The fraction of sp³-hybridized carbons (Fsp3) is 0.222. The topological polar surface area (TPSA) is 94.0 Å². The number of para-hydroxylation sites is 1. The molecule has 0 bridgehead atoms. The molecular formula is C18H20N6O2. The fourth-order valence-corrected chi connectivity index (χ4v) is 2.41. The predicted molar refractivity (Wildman–Crippen MR) is 98.3 cm³/mol. The van der Waals surface area contributed by atoms with E-state index in [-0.39, 0.29) is 12.2 Å². The van der Waals surface area contributed by atoms with Crippen LogP contribution in [0.4, 0.5) is 11.5 Å². The number of nitrogens with one attached hydrogen (secondary N) is 2. The summed E-state index contributed by atoms with van der Waals surface area (Å²) in [6.45, 7) is 5.83.